The summed E-state index contributed by atoms with van der Waals surface area (Å²) < 4.78 is 5.31. The lowest BCUT2D eigenvalue weighted by Crippen LogP contribution is -2.43. The van der Waals surface area contributed by atoms with E-state index < -0.39 is 11.6 Å². The van der Waals surface area contributed by atoms with Gasteiger partial charge in [0.1, 0.15) is 11.6 Å². The Bertz CT molecular complexity index is 418. The molecule has 1 rings (SSSR count). The second-order valence-electron chi connectivity index (χ2n) is 6.36. The van der Waals surface area contributed by atoms with Gasteiger partial charge in [-0.3, -0.25) is 9.59 Å². The second-order valence-corrected chi connectivity index (χ2v) is 6.36. The Labute approximate surface area is 131 Å². The summed E-state index contributed by atoms with van der Waals surface area (Å²) in [6, 6.07) is -0.416. The molecule has 3 amide bonds. The predicted octanol–water partition coefficient (Wildman–Crippen LogP) is 1.03. The molecule has 2 N–H and O–H groups in total. The molecule has 1 aliphatic heterocycles. The fourth-order valence-electron chi connectivity index (χ4n) is 2.12. The normalized spacial score (nSPS) is 17.8. The van der Waals surface area contributed by atoms with E-state index in [2.05, 4.69) is 10.6 Å². The first kappa shape index (κ1) is 18.3. The van der Waals surface area contributed by atoms with Crippen molar-refractivity contribution < 1.29 is 19.1 Å². The van der Waals surface area contributed by atoms with E-state index in [0.717, 1.165) is 0 Å². The highest BCUT2D eigenvalue weighted by Crippen LogP contribution is 2.10. The van der Waals surface area contributed by atoms with Gasteiger partial charge in [-0.2, -0.15) is 0 Å². The van der Waals surface area contributed by atoms with Crippen LogP contribution in [0.3, 0.4) is 0 Å². The van der Waals surface area contributed by atoms with Gasteiger partial charge >= 0.3 is 6.09 Å². The molecule has 0 aromatic rings. The molecule has 0 spiro atoms. The zero-order valence-corrected chi connectivity index (χ0v) is 13.9. The molecule has 1 aliphatic rings. The molecular formula is C15H27N3O4. The Morgan fingerprint density at radius 3 is 2.59 bits per heavy atom. The first-order valence-electron chi connectivity index (χ1n) is 7.78. The van der Waals surface area contributed by atoms with Crippen LogP contribution in [0.2, 0.25) is 0 Å². The smallest absolute Gasteiger partial charge is 0.410 e. The second kappa shape index (κ2) is 8.00. The average Bonchev–Trinajstić information content (AvgIpc) is 2.83. The lowest BCUT2D eigenvalue weighted by Gasteiger charge is -2.26. The number of hydrogen-bond acceptors (Lipinski definition) is 4. The van der Waals surface area contributed by atoms with Crippen LogP contribution in [-0.4, -0.2) is 54.1 Å². The van der Waals surface area contributed by atoms with Gasteiger partial charge in [0.05, 0.1) is 0 Å². The number of hydrogen-bond donors (Lipinski definition) is 2. The quantitative estimate of drug-likeness (QED) is 0.717. The molecule has 126 valence electrons. The summed E-state index contributed by atoms with van der Waals surface area (Å²) in [5.74, 6) is -0.242. The van der Waals surface area contributed by atoms with Crippen molar-refractivity contribution >= 4 is 17.9 Å². The van der Waals surface area contributed by atoms with Crippen molar-refractivity contribution in [2.45, 2.75) is 58.6 Å². The minimum atomic E-state index is -0.514. The molecule has 7 nitrogen and oxygen atoms in total. The van der Waals surface area contributed by atoms with Crippen molar-refractivity contribution in [2.75, 3.05) is 19.6 Å². The molecule has 1 saturated heterocycles. The summed E-state index contributed by atoms with van der Waals surface area (Å²) in [7, 11) is 0. The van der Waals surface area contributed by atoms with Gasteiger partial charge in [-0.15, -0.1) is 0 Å². The molecule has 7 heteroatoms. The zero-order chi connectivity index (χ0) is 16.8. The highest BCUT2D eigenvalue weighted by molar-refractivity contribution is 5.90. The Balaban J connectivity index is 2.25. The highest BCUT2D eigenvalue weighted by Gasteiger charge is 2.26. The molecule has 0 aromatic heterocycles. The Morgan fingerprint density at radius 2 is 2.09 bits per heavy atom. The zero-order valence-electron chi connectivity index (χ0n) is 13.9. The van der Waals surface area contributed by atoms with E-state index in [1.54, 1.807) is 4.90 Å². The van der Waals surface area contributed by atoms with Crippen LogP contribution in [0.4, 0.5) is 4.79 Å². The predicted molar refractivity (Wildman–Crippen MR) is 82.3 cm³/mol. The minimum Gasteiger partial charge on any atom is -0.444 e. The summed E-state index contributed by atoms with van der Waals surface area (Å²) >= 11 is 0. The fraction of sp³-hybridized carbons (Fsp3) is 0.800. The van der Waals surface area contributed by atoms with Gasteiger partial charge in [0.2, 0.25) is 11.8 Å². The van der Waals surface area contributed by atoms with Crippen molar-refractivity contribution in [3.8, 4) is 0 Å². The maximum atomic E-state index is 11.9. The van der Waals surface area contributed by atoms with Crippen LogP contribution < -0.4 is 10.6 Å². The molecule has 0 bridgehead atoms. The number of nitrogens with one attached hydrogen (secondary N) is 2. The number of rotatable bonds is 6. The van der Waals surface area contributed by atoms with Crippen molar-refractivity contribution in [3.63, 3.8) is 0 Å². The van der Waals surface area contributed by atoms with Gasteiger partial charge in [0.25, 0.3) is 0 Å². The lowest BCUT2D eigenvalue weighted by atomic mass is 10.2. The third-order valence-electron chi connectivity index (χ3n) is 3.25. The molecule has 0 saturated carbocycles. The van der Waals surface area contributed by atoms with E-state index in [0.29, 0.717) is 38.9 Å². The summed E-state index contributed by atoms with van der Waals surface area (Å²) in [5.41, 5.74) is -0.514. The monoisotopic (exact) mass is 313 g/mol. The largest absolute Gasteiger partial charge is 0.444 e. The van der Waals surface area contributed by atoms with Crippen molar-refractivity contribution in [1.29, 1.82) is 0 Å². The van der Waals surface area contributed by atoms with E-state index in [1.165, 1.54) is 0 Å². The van der Waals surface area contributed by atoms with Crippen LogP contribution in [0.1, 0.15) is 47.0 Å². The molecule has 1 heterocycles. The van der Waals surface area contributed by atoms with Crippen molar-refractivity contribution in [2.24, 2.45) is 0 Å². The van der Waals surface area contributed by atoms with Crippen LogP contribution in [-0.2, 0) is 14.3 Å². The van der Waals surface area contributed by atoms with Crippen LogP contribution in [0.5, 0.6) is 0 Å². The SMILES string of the molecule is CCN(CCCNC(=O)C1CCC(=O)N1)C(=O)OC(C)(C)C. The molecule has 0 aliphatic carbocycles. The summed E-state index contributed by atoms with van der Waals surface area (Å²) in [6.07, 6.45) is 1.24. The fourth-order valence-corrected chi connectivity index (χ4v) is 2.12. The average molecular weight is 313 g/mol. The number of amides is 3. The number of nitrogens with zero attached hydrogens (tertiary/aromatic N) is 1. The maximum Gasteiger partial charge on any atom is 0.410 e. The summed E-state index contributed by atoms with van der Waals surface area (Å²) in [4.78, 5) is 36.4. The molecule has 22 heavy (non-hydrogen) atoms. The molecule has 0 radical (unpaired) electrons. The molecule has 1 fully saturated rings. The van der Waals surface area contributed by atoms with Crippen molar-refractivity contribution in [3.05, 3.63) is 0 Å². The first-order chi connectivity index (χ1) is 10.2. The van der Waals surface area contributed by atoms with E-state index in [4.69, 9.17) is 4.74 Å². The third-order valence-corrected chi connectivity index (χ3v) is 3.25. The van der Waals surface area contributed by atoms with Crippen LogP contribution in [0.25, 0.3) is 0 Å². The molecule has 1 unspecified atom stereocenters. The first-order valence-corrected chi connectivity index (χ1v) is 7.78. The summed E-state index contributed by atoms with van der Waals surface area (Å²) in [6.45, 7) is 8.91. The van der Waals surface area contributed by atoms with E-state index in [-0.39, 0.29) is 17.9 Å². The number of carbonyl (C=O) groups is 3. The number of ether oxygens (including phenoxy) is 1. The topological polar surface area (TPSA) is 87.7 Å². The van der Waals surface area contributed by atoms with Gasteiger partial charge < -0.3 is 20.3 Å². The summed E-state index contributed by atoms with van der Waals surface area (Å²) in [5, 5.41) is 5.40. The minimum absolute atomic E-state index is 0.0813. The Hall–Kier alpha value is -1.79. The van der Waals surface area contributed by atoms with Gasteiger partial charge in [0, 0.05) is 26.1 Å². The van der Waals surface area contributed by atoms with E-state index >= 15 is 0 Å². The van der Waals surface area contributed by atoms with E-state index in [1.807, 2.05) is 27.7 Å². The van der Waals surface area contributed by atoms with Crippen LogP contribution >= 0.6 is 0 Å². The standard InChI is InChI=1S/C15H27N3O4/c1-5-18(14(21)22-15(2,3)4)10-6-9-16-13(20)11-7-8-12(19)17-11/h11H,5-10H2,1-4H3,(H,16,20)(H,17,19). The molecular weight excluding hydrogens is 286 g/mol. The Kier molecular flexibility index (Phi) is 6.64. The maximum absolute atomic E-state index is 11.9. The van der Waals surface area contributed by atoms with Gasteiger partial charge in [-0.05, 0) is 40.5 Å². The molecule has 1 atom stereocenters. The van der Waals surface area contributed by atoms with Gasteiger partial charge in [0.15, 0.2) is 0 Å². The van der Waals surface area contributed by atoms with Crippen LogP contribution in [0, 0.1) is 0 Å². The molecule has 0 aromatic carbocycles. The lowest BCUT2D eigenvalue weighted by molar-refractivity contribution is -0.125. The van der Waals surface area contributed by atoms with Crippen LogP contribution in [0.15, 0.2) is 0 Å². The highest BCUT2D eigenvalue weighted by atomic mass is 16.6. The van der Waals surface area contributed by atoms with Crippen molar-refractivity contribution in [1.82, 2.24) is 15.5 Å². The Morgan fingerprint density at radius 1 is 1.41 bits per heavy atom. The van der Waals surface area contributed by atoms with Gasteiger partial charge in [-0.25, -0.2) is 4.79 Å². The van der Waals surface area contributed by atoms with E-state index in [9.17, 15) is 14.4 Å². The third kappa shape index (κ3) is 6.32. The number of carbonyl (C=O) groups excluding carboxylic acids is 3. The van der Waals surface area contributed by atoms with Gasteiger partial charge in [-0.1, -0.05) is 0 Å².